The summed E-state index contributed by atoms with van der Waals surface area (Å²) in [6, 6.07) is 10.8. The largest absolute Gasteiger partial charge is 0.461 e. The lowest BCUT2D eigenvalue weighted by atomic mass is 10.2. The maximum absolute atomic E-state index is 12.8. The first-order valence-electron chi connectivity index (χ1n) is 10.6. The summed E-state index contributed by atoms with van der Waals surface area (Å²) in [6.07, 6.45) is 3.36. The minimum atomic E-state index is -0.454. The maximum atomic E-state index is 12.8. The van der Waals surface area contributed by atoms with Gasteiger partial charge >= 0.3 is 6.03 Å². The molecule has 0 radical (unpaired) electrons. The van der Waals surface area contributed by atoms with Gasteiger partial charge in [-0.3, -0.25) is 10.00 Å². The van der Waals surface area contributed by atoms with Gasteiger partial charge in [-0.25, -0.2) is 9.78 Å². The summed E-state index contributed by atoms with van der Waals surface area (Å²) in [6.45, 7) is 6.05. The monoisotopic (exact) mass is 445 g/mol. The van der Waals surface area contributed by atoms with E-state index in [0.717, 1.165) is 18.8 Å². The van der Waals surface area contributed by atoms with Crippen molar-refractivity contribution < 1.29 is 9.21 Å². The van der Waals surface area contributed by atoms with Crippen molar-refractivity contribution in [2.75, 3.05) is 28.6 Å². The number of benzene rings is 1. The maximum Gasteiger partial charge on any atom is 0.326 e. The first-order valence-corrected chi connectivity index (χ1v) is 10.6. The van der Waals surface area contributed by atoms with E-state index in [0.29, 0.717) is 34.0 Å². The number of anilines is 3. The Morgan fingerprint density at radius 3 is 2.55 bits per heavy atom. The fraction of sp³-hybridized carbons (Fsp3) is 0.227. The summed E-state index contributed by atoms with van der Waals surface area (Å²) >= 11 is 0. The molecule has 0 aliphatic heterocycles. The Kier molecular flexibility index (Phi) is 5.13. The Hall–Kier alpha value is -4.41. The van der Waals surface area contributed by atoms with Crippen molar-refractivity contribution in [2.24, 2.45) is 7.05 Å². The summed E-state index contributed by atoms with van der Waals surface area (Å²) in [5.74, 6) is 1.09. The minimum Gasteiger partial charge on any atom is -0.461 e. The van der Waals surface area contributed by atoms with Crippen molar-refractivity contribution in [1.29, 1.82) is 0 Å². The number of nitrogens with zero attached hydrogens (tertiary/aromatic N) is 7. The summed E-state index contributed by atoms with van der Waals surface area (Å²) in [5, 5.41) is 15.1. The van der Waals surface area contributed by atoms with Gasteiger partial charge in [-0.1, -0.05) is 0 Å². The van der Waals surface area contributed by atoms with E-state index >= 15 is 0 Å². The zero-order valence-corrected chi connectivity index (χ0v) is 18.5. The molecule has 11 heteroatoms. The number of urea groups is 1. The highest BCUT2D eigenvalue weighted by molar-refractivity contribution is 6.00. The molecule has 4 aromatic heterocycles. The molecule has 2 N–H and O–H groups in total. The average molecular weight is 445 g/mol. The summed E-state index contributed by atoms with van der Waals surface area (Å²) in [7, 11) is 1.80. The molecule has 4 heterocycles. The number of furan rings is 1. The molecule has 11 nitrogen and oxygen atoms in total. The quantitative estimate of drug-likeness (QED) is 0.408. The third-order valence-corrected chi connectivity index (χ3v) is 5.29. The van der Waals surface area contributed by atoms with Crippen molar-refractivity contribution in [3.05, 3.63) is 48.9 Å². The topological polar surface area (TPSA) is 118 Å². The molecule has 168 valence electrons. The number of hydrogen-bond donors (Lipinski definition) is 2. The number of fused-ring (bicyclic) bond motifs is 3. The van der Waals surface area contributed by atoms with Crippen LogP contribution in [0.5, 0.6) is 0 Å². The molecule has 0 bridgehead atoms. The summed E-state index contributed by atoms with van der Waals surface area (Å²) < 4.78 is 8.54. The van der Waals surface area contributed by atoms with Crippen LogP contribution < -0.4 is 15.5 Å². The van der Waals surface area contributed by atoms with Crippen molar-refractivity contribution in [1.82, 2.24) is 29.4 Å². The summed E-state index contributed by atoms with van der Waals surface area (Å²) in [5.41, 5.74) is 2.72. The van der Waals surface area contributed by atoms with E-state index in [4.69, 9.17) is 4.42 Å². The van der Waals surface area contributed by atoms with Crippen LogP contribution in [0.1, 0.15) is 13.8 Å². The van der Waals surface area contributed by atoms with Crippen LogP contribution in [0.3, 0.4) is 0 Å². The van der Waals surface area contributed by atoms with E-state index in [2.05, 4.69) is 49.5 Å². The van der Waals surface area contributed by atoms with E-state index in [-0.39, 0.29) is 5.95 Å². The lowest BCUT2D eigenvalue weighted by Crippen LogP contribution is -2.23. The molecule has 33 heavy (non-hydrogen) atoms. The van der Waals surface area contributed by atoms with Crippen LogP contribution in [-0.2, 0) is 7.05 Å². The van der Waals surface area contributed by atoms with E-state index in [1.54, 1.807) is 36.3 Å². The number of nitrogens with one attached hydrogen (secondary N) is 2. The average Bonchev–Trinajstić information content (AvgIpc) is 3.54. The van der Waals surface area contributed by atoms with Crippen LogP contribution in [0.25, 0.3) is 28.3 Å². The Morgan fingerprint density at radius 2 is 1.85 bits per heavy atom. The van der Waals surface area contributed by atoms with E-state index < -0.39 is 6.03 Å². The highest BCUT2D eigenvalue weighted by Crippen LogP contribution is 2.24. The van der Waals surface area contributed by atoms with Crippen molar-refractivity contribution in [3.8, 4) is 11.6 Å². The lowest BCUT2D eigenvalue weighted by Gasteiger charge is -2.21. The van der Waals surface area contributed by atoms with E-state index in [9.17, 15) is 4.79 Å². The highest BCUT2D eigenvalue weighted by atomic mass is 16.3. The molecule has 0 fully saturated rings. The second-order valence-corrected chi connectivity index (χ2v) is 7.42. The molecule has 0 aliphatic carbocycles. The second kappa shape index (κ2) is 8.26. The van der Waals surface area contributed by atoms with Crippen LogP contribution in [0.4, 0.5) is 22.1 Å². The molecule has 0 unspecified atom stereocenters. The van der Waals surface area contributed by atoms with Crippen LogP contribution in [0, 0.1) is 0 Å². The molecular formula is C22H23N9O2. The van der Waals surface area contributed by atoms with Gasteiger partial charge in [0.15, 0.2) is 17.1 Å². The normalized spacial score (nSPS) is 11.2. The molecule has 5 aromatic rings. The van der Waals surface area contributed by atoms with Gasteiger partial charge in [0, 0.05) is 37.7 Å². The predicted molar refractivity (Wildman–Crippen MR) is 125 cm³/mol. The van der Waals surface area contributed by atoms with Crippen molar-refractivity contribution >= 4 is 40.0 Å². The van der Waals surface area contributed by atoms with Gasteiger partial charge in [-0.05, 0) is 50.2 Å². The van der Waals surface area contributed by atoms with Gasteiger partial charge in [-0.15, -0.1) is 5.10 Å². The molecule has 2 amide bonds. The number of carbonyl (C=O) groups is 1. The van der Waals surface area contributed by atoms with Crippen LogP contribution >= 0.6 is 0 Å². The molecule has 5 rings (SSSR count). The molecule has 0 saturated carbocycles. The Balaban J connectivity index is 1.44. The number of rotatable bonds is 6. The fourth-order valence-electron chi connectivity index (χ4n) is 3.70. The molecule has 0 atom stereocenters. The van der Waals surface area contributed by atoms with Gasteiger partial charge in [-0.2, -0.15) is 14.6 Å². The van der Waals surface area contributed by atoms with Crippen LogP contribution in [0.2, 0.25) is 0 Å². The van der Waals surface area contributed by atoms with Crippen molar-refractivity contribution in [3.63, 3.8) is 0 Å². The number of aryl methyl sites for hydroxylation is 1. The third-order valence-electron chi connectivity index (χ3n) is 5.29. The molecule has 0 saturated heterocycles. The zero-order chi connectivity index (χ0) is 22.9. The number of carbonyl (C=O) groups excluding carboxylic acids is 1. The number of hydrogen-bond acceptors (Lipinski definition) is 7. The van der Waals surface area contributed by atoms with Crippen LogP contribution in [0.15, 0.2) is 53.3 Å². The van der Waals surface area contributed by atoms with E-state index in [1.807, 2.05) is 24.3 Å². The lowest BCUT2D eigenvalue weighted by molar-refractivity contribution is 0.262. The Bertz CT molecular complexity index is 1410. The van der Waals surface area contributed by atoms with Gasteiger partial charge in [0.25, 0.3) is 0 Å². The molecule has 0 spiro atoms. The predicted octanol–water partition coefficient (Wildman–Crippen LogP) is 3.76. The molecule has 1 aromatic carbocycles. The first kappa shape index (κ1) is 20.5. The Morgan fingerprint density at radius 1 is 1.06 bits per heavy atom. The van der Waals surface area contributed by atoms with Gasteiger partial charge < -0.3 is 14.6 Å². The third kappa shape index (κ3) is 3.84. The molecular weight excluding hydrogens is 422 g/mol. The fourth-order valence-corrected chi connectivity index (χ4v) is 3.70. The minimum absolute atomic E-state index is 0.193. The second-order valence-electron chi connectivity index (χ2n) is 7.42. The Labute approximate surface area is 189 Å². The smallest absolute Gasteiger partial charge is 0.326 e. The number of aromatic nitrogens is 6. The standard InChI is InChI=1S/C22H23N9O2/c1-4-30(5-2)15-10-8-14(9-11-15)23-22(32)26-21-25-18-16(13-29(3)27-18)20-24-19(28-31(20)21)17-7-6-12-33-17/h6-13H,4-5H2,1-3H3,(H2,23,25,26,27,32). The van der Waals surface area contributed by atoms with Crippen molar-refractivity contribution in [2.45, 2.75) is 13.8 Å². The van der Waals surface area contributed by atoms with Gasteiger partial charge in [0.1, 0.15) is 0 Å². The van der Waals surface area contributed by atoms with Gasteiger partial charge in [0.05, 0.1) is 11.6 Å². The first-order chi connectivity index (χ1) is 16.1. The zero-order valence-electron chi connectivity index (χ0n) is 18.5. The number of amides is 2. The summed E-state index contributed by atoms with van der Waals surface area (Å²) in [4.78, 5) is 24.0. The highest BCUT2D eigenvalue weighted by Gasteiger charge is 2.19. The van der Waals surface area contributed by atoms with Gasteiger partial charge in [0.2, 0.25) is 11.8 Å². The SMILES string of the molecule is CCN(CC)c1ccc(NC(=O)Nc2nc3nn(C)cc3c3nc(-c4ccco4)nn23)cc1. The van der Waals surface area contributed by atoms with E-state index in [1.165, 1.54) is 4.52 Å². The van der Waals surface area contributed by atoms with Crippen LogP contribution in [-0.4, -0.2) is 48.5 Å². The molecule has 0 aliphatic rings.